The van der Waals surface area contributed by atoms with Crippen molar-refractivity contribution in [2.45, 2.75) is 5.41 Å². The first-order valence-corrected chi connectivity index (χ1v) is 14.3. The van der Waals surface area contributed by atoms with E-state index in [1.807, 2.05) is 91.0 Å². The molecule has 1 aliphatic carbocycles. The number of para-hydroxylation sites is 3. The molecule has 5 nitrogen and oxygen atoms in total. The average molecular weight is 759 g/mol. The predicted octanol–water partition coefficient (Wildman–Crippen LogP) is 8.10. The van der Waals surface area contributed by atoms with Crippen molar-refractivity contribution in [2.75, 3.05) is 0 Å². The zero-order chi connectivity index (χ0) is 29.7. The molecule has 0 amide bonds. The first-order chi connectivity index (χ1) is 21.7. The molecule has 5 aromatic carbocycles. The molecule has 0 unspecified atom stereocenters. The fourth-order valence-corrected chi connectivity index (χ4v) is 6.48. The summed E-state index contributed by atoms with van der Waals surface area (Å²) >= 11 is 0. The molecule has 216 valence electrons. The van der Waals surface area contributed by atoms with E-state index in [9.17, 15) is 10.4 Å². The van der Waals surface area contributed by atoms with Crippen LogP contribution in [0.25, 0.3) is 44.7 Å². The molecule has 45 heavy (non-hydrogen) atoms. The van der Waals surface area contributed by atoms with Crippen molar-refractivity contribution in [3.8, 4) is 45.5 Å². The van der Waals surface area contributed by atoms with E-state index in [0.29, 0.717) is 28.1 Å². The molecule has 0 spiro atoms. The zero-order valence-electron chi connectivity index (χ0n) is 23.8. The van der Waals surface area contributed by atoms with Crippen molar-refractivity contribution in [1.29, 1.82) is 5.26 Å². The Hall–Kier alpha value is -5.43. The second-order valence-electron chi connectivity index (χ2n) is 10.8. The van der Waals surface area contributed by atoms with Gasteiger partial charge in [0.05, 0.1) is 33.9 Å². The first-order valence-electron chi connectivity index (χ1n) is 14.3. The number of rotatable bonds is 4. The van der Waals surface area contributed by atoms with Gasteiger partial charge in [-0.1, -0.05) is 78.9 Å². The van der Waals surface area contributed by atoms with E-state index < -0.39 is 5.41 Å². The van der Waals surface area contributed by atoms with Gasteiger partial charge in [0.25, 0.3) is 0 Å². The molecule has 0 saturated carbocycles. The number of aromatic nitrogens is 3. The Bertz CT molecular complexity index is 2250. The van der Waals surface area contributed by atoms with Crippen molar-refractivity contribution in [3.05, 3.63) is 168 Å². The van der Waals surface area contributed by atoms with Gasteiger partial charge in [0.1, 0.15) is 5.75 Å². The molecule has 0 radical (unpaired) electrons. The number of hydrogen-bond donors (Lipinski definition) is 1. The van der Waals surface area contributed by atoms with E-state index in [2.05, 4.69) is 41.4 Å². The fourth-order valence-electron chi connectivity index (χ4n) is 6.48. The van der Waals surface area contributed by atoms with Crippen LogP contribution in [0.2, 0.25) is 0 Å². The van der Waals surface area contributed by atoms with Gasteiger partial charge in [-0.15, -0.1) is 29.3 Å². The summed E-state index contributed by atoms with van der Waals surface area (Å²) in [6.07, 6.45) is 1.74. The quantitative estimate of drug-likeness (QED) is 0.184. The third-order valence-electron chi connectivity index (χ3n) is 8.39. The van der Waals surface area contributed by atoms with Crippen LogP contribution in [0.4, 0.5) is 0 Å². The van der Waals surface area contributed by atoms with Crippen molar-refractivity contribution in [1.82, 2.24) is 15.0 Å². The molecule has 8 rings (SSSR count). The smallest absolute Gasteiger partial charge is 0.124 e. The van der Waals surface area contributed by atoms with Gasteiger partial charge in [-0.2, -0.15) is 5.26 Å². The summed E-state index contributed by atoms with van der Waals surface area (Å²) in [5, 5.41) is 21.0. The van der Waals surface area contributed by atoms with E-state index in [1.54, 1.807) is 18.3 Å². The maximum absolute atomic E-state index is 10.7. The van der Waals surface area contributed by atoms with Crippen molar-refractivity contribution in [2.24, 2.45) is 0 Å². The second-order valence-corrected chi connectivity index (χ2v) is 10.8. The monoisotopic (exact) mass is 758 g/mol. The summed E-state index contributed by atoms with van der Waals surface area (Å²) in [5.41, 5.74) is 9.59. The van der Waals surface area contributed by atoms with Crippen LogP contribution in [-0.2, 0) is 26.5 Å². The third-order valence-corrected chi connectivity index (χ3v) is 8.39. The van der Waals surface area contributed by atoms with E-state index in [-0.39, 0.29) is 26.8 Å². The number of phenols is 1. The van der Waals surface area contributed by atoms with Gasteiger partial charge in [0.15, 0.2) is 0 Å². The van der Waals surface area contributed by atoms with Crippen LogP contribution in [0, 0.1) is 17.4 Å². The van der Waals surface area contributed by atoms with Gasteiger partial charge in [-0.05, 0) is 64.2 Å². The Morgan fingerprint density at radius 3 is 2.00 bits per heavy atom. The Balaban J connectivity index is 0.00000325. The summed E-state index contributed by atoms with van der Waals surface area (Å²) in [4.78, 5) is 14.8. The average Bonchev–Trinajstić information content (AvgIpc) is 3.39. The summed E-state index contributed by atoms with van der Waals surface area (Å²) in [7, 11) is 0. The summed E-state index contributed by atoms with van der Waals surface area (Å²) in [5.74, 6) is 0.161. The number of pyridine rings is 1. The van der Waals surface area contributed by atoms with E-state index in [4.69, 9.17) is 9.97 Å². The number of aromatic hydroxyl groups is 1. The van der Waals surface area contributed by atoms with Gasteiger partial charge in [0, 0.05) is 38.5 Å². The van der Waals surface area contributed by atoms with E-state index in [0.717, 1.165) is 44.5 Å². The predicted molar refractivity (Wildman–Crippen MR) is 171 cm³/mol. The minimum Gasteiger partial charge on any atom is -0.507 e. The minimum absolute atomic E-state index is 0. The van der Waals surface area contributed by atoms with Crippen LogP contribution in [0.3, 0.4) is 0 Å². The van der Waals surface area contributed by atoms with Gasteiger partial charge in [-0.25, -0.2) is 0 Å². The maximum Gasteiger partial charge on any atom is 0.124 e. The molecule has 1 N–H and O–H groups in total. The first kappa shape index (κ1) is 28.3. The molecule has 0 bridgehead atoms. The van der Waals surface area contributed by atoms with Crippen LogP contribution in [-0.4, -0.2) is 20.1 Å². The van der Waals surface area contributed by atoms with E-state index in [1.165, 1.54) is 0 Å². The molecule has 7 aromatic rings. The van der Waals surface area contributed by atoms with Crippen LogP contribution in [0.15, 0.2) is 134 Å². The standard InChI is InChI=1S/C39H23N4O.Pt/c40-23-25-20-26(36-24-41-34-15-6-7-16-35(34)42-36)22-27(21-25)39(31-13-4-1-10-28(31)29-11-2-5-14-32(29)39)38-19-9-17-33(43-38)30-12-3-8-18-37(30)44;/h1-21,24,44H;/q-1;. The normalized spacial score (nSPS) is 12.5. The Morgan fingerprint density at radius 1 is 0.644 bits per heavy atom. The topological polar surface area (TPSA) is 82.7 Å². The van der Waals surface area contributed by atoms with Crippen LogP contribution in [0.5, 0.6) is 5.75 Å². The molecule has 2 heterocycles. The third kappa shape index (κ3) is 4.46. The van der Waals surface area contributed by atoms with Crippen molar-refractivity contribution >= 4 is 11.0 Å². The molecule has 0 saturated heterocycles. The van der Waals surface area contributed by atoms with Crippen LogP contribution in [0.1, 0.15) is 27.9 Å². The van der Waals surface area contributed by atoms with Crippen molar-refractivity contribution < 1.29 is 26.2 Å². The van der Waals surface area contributed by atoms with Crippen LogP contribution >= 0.6 is 0 Å². The summed E-state index contributed by atoms with van der Waals surface area (Å²) < 4.78 is 0. The number of nitriles is 1. The number of nitrogens with zero attached hydrogens (tertiary/aromatic N) is 4. The summed E-state index contributed by atoms with van der Waals surface area (Å²) in [6.45, 7) is 0. The van der Waals surface area contributed by atoms with Crippen LogP contribution < -0.4 is 0 Å². The molecule has 0 aliphatic heterocycles. The largest absolute Gasteiger partial charge is 0.507 e. The number of phenolic OH excluding ortho intramolecular Hbond substituents is 1. The number of benzene rings is 5. The molecular formula is C39H23N4OPt-. The molecule has 0 fully saturated rings. The van der Waals surface area contributed by atoms with Crippen molar-refractivity contribution in [3.63, 3.8) is 0 Å². The Kier molecular flexibility index (Phi) is 7.08. The minimum atomic E-state index is -0.903. The molecule has 0 atom stereocenters. The van der Waals surface area contributed by atoms with Gasteiger partial charge >= 0.3 is 0 Å². The van der Waals surface area contributed by atoms with Gasteiger partial charge in [0.2, 0.25) is 0 Å². The Labute approximate surface area is 274 Å². The number of hydrogen-bond acceptors (Lipinski definition) is 5. The zero-order valence-corrected chi connectivity index (χ0v) is 26.0. The number of fused-ring (bicyclic) bond motifs is 4. The Morgan fingerprint density at radius 2 is 1.29 bits per heavy atom. The van der Waals surface area contributed by atoms with E-state index >= 15 is 0 Å². The fraction of sp³-hybridized carbons (Fsp3) is 0.0256. The van der Waals surface area contributed by atoms with Gasteiger partial charge < -0.3 is 5.11 Å². The second kappa shape index (κ2) is 11.2. The SMILES string of the molecule is N#Cc1cc(-c2cnc3ccccc3n2)[c-]c(C2(c3cccc(-c4ccccc4O)n3)c3ccccc3-c3ccccc32)c1.[Pt]. The molecule has 2 aromatic heterocycles. The van der Waals surface area contributed by atoms with Gasteiger partial charge in [-0.3, -0.25) is 15.0 Å². The molecule has 1 aliphatic rings. The summed E-state index contributed by atoms with van der Waals surface area (Å²) in [6, 6.07) is 47.3. The molecule has 6 heteroatoms. The maximum atomic E-state index is 10.7. The molecular weight excluding hydrogens is 736 g/mol.